The van der Waals surface area contributed by atoms with Gasteiger partial charge in [-0.15, -0.1) is 0 Å². The van der Waals surface area contributed by atoms with Gasteiger partial charge < -0.3 is 14.0 Å². The second-order valence-electron chi connectivity index (χ2n) is 7.70. The maximum absolute atomic E-state index is 12.9. The van der Waals surface area contributed by atoms with Crippen molar-refractivity contribution in [2.75, 3.05) is 24.7 Å². The van der Waals surface area contributed by atoms with Crippen molar-refractivity contribution in [2.45, 2.75) is 32.9 Å². The standard InChI is InChI=1S/C21H24N4O3/c1-21(2,3)28-13-12-27-18-9-8-15(14-22-18)19(26)25-11-10-24-17-7-5-4-6-16(17)23-20(24)25/h4-9,14H,10-13H2,1-3H3. The van der Waals surface area contributed by atoms with Crippen LogP contribution in [-0.2, 0) is 11.3 Å². The Labute approximate surface area is 163 Å². The summed E-state index contributed by atoms with van der Waals surface area (Å²) in [5.74, 6) is 1.05. The molecule has 0 fully saturated rings. The Kier molecular flexibility index (Phi) is 4.77. The predicted molar refractivity (Wildman–Crippen MR) is 107 cm³/mol. The summed E-state index contributed by atoms with van der Waals surface area (Å²) >= 11 is 0. The molecule has 0 aliphatic carbocycles. The number of rotatable bonds is 5. The number of nitrogens with zero attached hydrogens (tertiary/aromatic N) is 4. The summed E-state index contributed by atoms with van der Waals surface area (Å²) in [6.07, 6.45) is 1.55. The van der Waals surface area contributed by atoms with Gasteiger partial charge in [-0.3, -0.25) is 9.69 Å². The first-order valence-corrected chi connectivity index (χ1v) is 9.42. The lowest BCUT2D eigenvalue weighted by Crippen LogP contribution is -2.29. The van der Waals surface area contributed by atoms with Crippen molar-refractivity contribution in [1.29, 1.82) is 0 Å². The summed E-state index contributed by atoms with van der Waals surface area (Å²) in [4.78, 5) is 23.5. The van der Waals surface area contributed by atoms with Crippen molar-refractivity contribution < 1.29 is 14.3 Å². The molecule has 0 bridgehead atoms. The van der Waals surface area contributed by atoms with Gasteiger partial charge in [0.1, 0.15) is 6.61 Å². The predicted octanol–water partition coefficient (Wildman–Crippen LogP) is 3.29. The van der Waals surface area contributed by atoms with E-state index in [1.807, 2.05) is 45.0 Å². The van der Waals surface area contributed by atoms with Crippen molar-refractivity contribution in [3.63, 3.8) is 0 Å². The Morgan fingerprint density at radius 3 is 2.68 bits per heavy atom. The molecule has 3 heterocycles. The second kappa shape index (κ2) is 7.24. The molecule has 0 saturated carbocycles. The number of carbonyl (C=O) groups is 1. The van der Waals surface area contributed by atoms with E-state index in [9.17, 15) is 4.79 Å². The molecule has 4 rings (SSSR count). The fourth-order valence-electron chi connectivity index (χ4n) is 3.22. The van der Waals surface area contributed by atoms with Crippen LogP contribution in [0.4, 0.5) is 5.95 Å². The molecule has 1 aliphatic heterocycles. The summed E-state index contributed by atoms with van der Waals surface area (Å²) in [5.41, 5.74) is 2.26. The lowest BCUT2D eigenvalue weighted by atomic mass is 10.2. The molecule has 0 spiro atoms. The number of amides is 1. The maximum Gasteiger partial charge on any atom is 0.262 e. The fourth-order valence-corrected chi connectivity index (χ4v) is 3.22. The zero-order chi connectivity index (χ0) is 19.7. The largest absolute Gasteiger partial charge is 0.475 e. The number of carbonyl (C=O) groups excluding carboxylic acids is 1. The molecule has 1 amide bonds. The van der Waals surface area contributed by atoms with Gasteiger partial charge >= 0.3 is 0 Å². The van der Waals surface area contributed by atoms with Crippen LogP contribution in [0.2, 0.25) is 0 Å². The molecular formula is C21H24N4O3. The number of pyridine rings is 1. The minimum absolute atomic E-state index is 0.107. The molecule has 7 heteroatoms. The minimum atomic E-state index is -0.195. The van der Waals surface area contributed by atoms with E-state index in [2.05, 4.69) is 14.5 Å². The smallest absolute Gasteiger partial charge is 0.262 e. The summed E-state index contributed by atoms with van der Waals surface area (Å²) in [6, 6.07) is 11.4. The third kappa shape index (κ3) is 3.71. The first-order valence-electron chi connectivity index (χ1n) is 9.42. The van der Waals surface area contributed by atoms with Gasteiger partial charge in [0, 0.05) is 25.4 Å². The first-order chi connectivity index (χ1) is 13.4. The molecule has 28 heavy (non-hydrogen) atoms. The van der Waals surface area contributed by atoms with Crippen LogP contribution in [0, 0.1) is 0 Å². The van der Waals surface area contributed by atoms with E-state index in [0.717, 1.165) is 17.6 Å². The van der Waals surface area contributed by atoms with Gasteiger partial charge in [-0.05, 0) is 39.0 Å². The summed E-state index contributed by atoms with van der Waals surface area (Å²) < 4.78 is 13.3. The Morgan fingerprint density at radius 2 is 1.93 bits per heavy atom. The highest BCUT2D eigenvalue weighted by Gasteiger charge is 2.29. The molecule has 1 aromatic carbocycles. The van der Waals surface area contributed by atoms with Crippen molar-refractivity contribution in [1.82, 2.24) is 14.5 Å². The van der Waals surface area contributed by atoms with Gasteiger partial charge in [-0.2, -0.15) is 0 Å². The van der Waals surface area contributed by atoms with Crippen LogP contribution in [0.15, 0.2) is 42.6 Å². The normalized spacial score (nSPS) is 13.8. The summed E-state index contributed by atoms with van der Waals surface area (Å²) in [7, 11) is 0. The molecule has 0 radical (unpaired) electrons. The van der Waals surface area contributed by atoms with Gasteiger partial charge in [0.2, 0.25) is 11.8 Å². The van der Waals surface area contributed by atoms with Gasteiger partial charge in [0.25, 0.3) is 5.91 Å². The third-order valence-electron chi connectivity index (χ3n) is 4.52. The van der Waals surface area contributed by atoms with E-state index < -0.39 is 0 Å². The van der Waals surface area contributed by atoms with Gasteiger partial charge in [0.05, 0.1) is 28.8 Å². The summed E-state index contributed by atoms with van der Waals surface area (Å²) in [6.45, 7) is 8.23. The molecule has 2 aromatic heterocycles. The highest BCUT2D eigenvalue weighted by Crippen LogP contribution is 2.28. The number of hydrogen-bond donors (Lipinski definition) is 0. The van der Waals surface area contributed by atoms with E-state index in [-0.39, 0.29) is 11.5 Å². The minimum Gasteiger partial charge on any atom is -0.475 e. The molecule has 0 unspecified atom stereocenters. The van der Waals surface area contributed by atoms with Crippen LogP contribution in [-0.4, -0.2) is 45.8 Å². The Morgan fingerprint density at radius 1 is 1.11 bits per heavy atom. The number of hydrogen-bond acceptors (Lipinski definition) is 5. The fraction of sp³-hybridized carbons (Fsp3) is 0.381. The zero-order valence-corrected chi connectivity index (χ0v) is 16.4. The maximum atomic E-state index is 12.9. The Bertz CT molecular complexity index is 989. The Balaban J connectivity index is 1.42. The van der Waals surface area contributed by atoms with Crippen molar-refractivity contribution in [3.8, 4) is 5.88 Å². The summed E-state index contributed by atoms with van der Waals surface area (Å²) in [5, 5.41) is 0. The molecule has 0 atom stereocenters. The zero-order valence-electron chi connectivity index (χ0n) is 16.4. The number of ether oxygens (including phenoxy) is 2. The lowest BCUT2D eigenvalue weighted by molar-refractivity contribution is -0.0168. The van der Waals surface area contributed by atoms with Crippen LogP contribution >= 0.6 is 0 Å². The molecule has 0 saturated heterocycles. The highest BCUT2D eigenvalue weighted by atomic mass is 16.5. The van der Waals surface area contributed by atoms with E-state index >= 15 is 0 Å². The van der Waals surface area contributed by atoms with Crippen molar-refractivity contribution in [2.24, 2.45) is 0 Å². The molecule has 3 aromatic rings. The van der Waals surface area contributed by atoms with E-state index in [0.29, 0.717) is 37.2 Å². The average molecular weight is 380 g/mol. The first kappa shape index (κ1) is 18.4. The topological polar surface area (TPSA) is 69.5 Å². The van der Waals surface area contributed by atoms with E-state index in [4.69, 9.17) is 9.47 Å². The number of benzene rings is 1. The highest BCUT2D eigenvalue weighted by molar-refractivity contribution is 6.06. The number of imidazole rings is 1. The number of anilines is 1. The lowest BCUT2D eigenvalue weighted by Gasteiger charge is -2.19. The molecule has 1 aliphatic rings. The molecular weight excluding hydrogens is 356 g/mol. The molecule has 7 nitrogen and oxygen atoms in total. The van der Waals surface area contributed by atoms with Crippen LogP contribution in [0.1, 0.15) is 31.1 Å². The second-order valence-corrected chi connectivity index (χ2v) is 7.70. The van der Waals surface area contributed by atoms with Gasteiger partial charge in [0.15, 0.2) is 0 Å². The number of para-hydroxylation sites is 2. The van der Waals surface area contributed by atoms with E-state index in [1.54, 1.807) is 23.2 Å². The van der Waals surface area contributed by atoms with E-state index in [1.165, 1.54) is 0 Å². The SMILES string of the molecule is CC(C)(C)OCCOc1ccc(C(=O)N2CCn3c2nc2ccccc23)cn1. The third-order valence-corrected chi connectivity index (χ3v) is 4.52. The van der Waals surface area contributed by atoms with Crippen molar-refractivity contribution >= 4 is 22.9 Å². The van der Waals surface area contributed by atoms with Crippen LogP contribution in [0.3, 0.4) is 0 Å². The molecule has 146 valence electrons. The van der Waals surface area contributed by atoms with Crippen LogP contribution in [0.5, 0.6) is 5.88 Å². The number of aromatic nitrogens is 3. The average Bonchev–Trinajstić information content (AvgIpc) is 3.23. The molecule has 0 N–H and O–H groups in total. The monoisotopic (exact) mass is 380 g/mol. The van der Waals surface area contributed by atoms with Crippen molar-refractivity contribution in [3.05, 3.63) is 48.2 Å². The quantitative estimate of drug-likeness (QED) is 0.636. The van der Waals surface area contributed by atoms with Crippen LogP contribution < -0.4 is 9.64 Å². The Hall–Kier alpha value is -2.93. The van der Waals surface area contributed by atoms with Crippen LogP contribution in [0.25, 0.3) is 11.0 Å². The number of fused-ring (bicyclic) bond motifs is 3. The van der Waals surface area contributed by atoms with Gasteiger partial charge in [-0.25, -0.2) is 9.97 Å². The van der Waals surface area contributed by atoms with Gasteiger partial charge in [-0.1, -0.05) is 12.1 Å².